The van der Waals surface area contributed by atoms with Gasteiger partial charge in [-0.3, -0.25) is 0 Å². The largest absolute Gasteiger partial charge is 0.389 e. The van der Waals surface area contributed by atoms with Gasteiger partial charge in [0.15, 0.2) is 0 Å². The fourth-order valence-electron chi connectivity index (χ4n) is 3.82. The lowest BCUT2D eigenvalue weighted by Gasteiger charge is -2.46. The van der Waals surface area contributed by atoms with Gasteiger partial charge >= 0.3 is 0 Å². The topological polar surface area (TPSA) is 35.5 Å². The van der Waals surface area contributed by atoms with Crippen molar-refractivity contribution in [3.05, 3.63) is 0 Å². The molecule has 0 heterocycles. The van der Waals surface area contributed by atoms with Gasteiger partial charge in [-0.2, -0.15) is 0 Å². The van der Waals surface area contributed by atoms with Gasteiger partial charge in [0.1, 0.15) is 0 Å². The molecule has 3 heteroatoms. The third-order valence-corrected chi connectivity index (χ3v) is 4.68. The Kier molecular flexibility index (Phi) is 6.49. The first-order valence-corrected chi connectivity index (χ1v) is 8.37. The summed E-state index contributed by atoms with van der Waals surface area (Å²) in [6, 6.07) is 0.595. The van der Waals surface area contributed by atoms with Crippen molar-refractivity contribution in [3.8, 4) is 0 Å². The molecule has 1 aliphatic carbocycles. The van der Waals surface area contributed by atoms with E-state index in [4.69, 9.17) is 0 Å². The maximum absolute atomic E-state index is 10.1. The molecule has 3 nitrogen and oxygen atoms in total. The molecular weight excluding hydrogens is 248 g/mol. The molecular formula is C17H36N2O. The Morgan fingerprint density at radius 2 is 1.95 bits per heavy atom. The van der Waals surface area contributed by atoms with Crippen LogP contribution in [0.5, 0.6) is 0 Å². The zero-order valence-corrected chi connectivity index (χ0v) is 14.5. The normalized spacial score (nSPS) is 27.0. The lowest BCUT2D eigenvalue weighted by atomic mass is 9.67. The Morgan fingerprint density at radius 1 is 1.30 bits per heavy atom. The average Bonchev–Trinajstić information content (AvgIpc) is 2.30. The second-order valence-corrected chi connectivity index (χ2v) is 7.82. The summed E-state index contributed by atoms with van der Waals surface area (Å²) >= 11 is 0. The van der Waals surface area contributed by atoms with Gasteiger partial charge in [-0.05, 0) is 51.1 Å². The van der Waals surface area contributed by atoms with E-state index < -0.39 is 5.60 Å². The van der Waals surface area contributed by atoms with Gasteiger partial charge in [0.05, 0.1) is 5.60 Å². The van der Waals surface area contributed by atoms with Crippen molar-refractivity contribution in [2.24, 2.45) is 11.3 Å². The van der Waals surface area contributed by atoms with Crippen LogP contribution in [0, 0.1) is 11.3 Å². The minimum atomic E-state index is -0.603. The Hall–Kier alpha value is -0.120. The fraction of sp³-hybridized carbons (Fsp3) is 1.00. The van der Waals surface area contributed by atoms with E-state index in [1.807, 2.05) is 13.8 Å². The fourth-order valence-corrected chi connectivity index (χ4v) is 3.82. The molecule has 1 saturated carbocycles. The lowest BCUT2D eigenvalue weighted by Crippen LogP contribution is -2.53. The summed E-state index contributed by atoms with van der Waals surface area (Å²) in [6.07, 6.45) is 3.96. The molecule has 20 heavy (non-hydrogen) atoms. The highest BCUT2D eigenvalue weighted by Crippen LogP contribution is 2.39. The first-order chi connectivity index (χ1) is 9.19. The minimum absolute atomic E-state index is 0.382. The first-order valence-electron chi connectivity index (χ1n) is 8.37. The summed E-state index contributed by atoms with van der Waals surface area (Å²) in [4.78, 5) is 2.41. The average molecular weight is 284 g/mol. The van der Waals surface area contributed by atoms with E-state index in [1.54, 1.807) is 0 Å². The Bertz CT molecular complexity index is 283. The van der Waals surface area contributed by atoms with Gasteiger partial charge in [-0.1, -0.05) is 34.1 Å². The zero-order valence-electron chi connectivity index (χ0n) is 14.5. The molecule has 0 amide bonds. The van der Waals surface area contributed by atoms with E-state index in [0.29, 0.717) is 17.4 Å². The lowest BCUT2D eigenvalue weighted by molar-refractivity contribution is 0.0181. The molecule has 0 radical (unpaired) electrons. The second kappa shape index (κ2) is 7.24. The van der Waals surface area contributed by atoms with Crippen LogP contribution < -0.4 is 5.32 Å². The minimum Gasteiger partial charge on any atom is -0.389 e. The SMILES string of the molecule is CCNC1C(CN(CC)CC(C)(C)O)CCCC1(C)C. The van der Waals surface area contributed by atoms with Crippen LogP contribution in [0.3, 0.4) is 0 Å². The molecule has 0 spiro atoms. The van der Waals surface area contributed by atoms with Crippen molar-refractivity contribution in [1.82, 2.24) is 10.2 Å². The van der Waals surface area contributed by atoms with Crippen LogP contribution in [0.1, 0.15) is 60.8 Å². The van der Waals surface area contributed by atoms with E-state index in [2.05, 4.69) is 37.9 Å². The number of hydrogen-bond acceptors (Lipinski definition) is 3. The molecule has 1 rings (SSSR count). The first kappa shape index (κ1) is 17.9. The third-order valence-electron chi connectivity index (χ3n) is 4.68. The van der Waals surface area contributed by atoms with E-state index in [0.717, 1.165) is 26.2 Å². The quantitative estimate of drug-likeness (QED) is 0.754. The van der Waals surface area contributed by atoms with Crippen molar-refractivity contribution >= 4 is 0 Å². The van der Waals surface area contributed by atoms with Crippen LogP contribution in [0.15, 0.2) is 0 Å². The molecule has 120 valence electrons. The summed E-state index contributed by atoms with van der Waals surface area (Å²) in [5, 5.41) is 13.8. The summed E-state index contributed by atoms with van der Waals surface area (Å²) in [5.74, 6) is 0.695. The smallest absolute Gasteiger partial charge is 0.0718 e. The van der Waals surface area contributed by atoms with Crippen LogP contribution in [-0.2, 0) is 0 Å². The van der Waals surface area contributed by atoms with Crippen molar-refractivity contribution in [2.75, 3.05) is 26.2 Å². The molecule has 1 aliphatic rings. The van der Waals surface area contributed by atoms with Gasteiger partial charge in [0, 0.05) is 19.1 Å². The molecule has 2 unspecified atom stereocenters. The van der Waals surface area contributed by atoms with Gasteiger partial charge in [0.25, 0.3) is 0 Å². The molecule has 1 fully saturated rings. The molecule has 0 aromatic rings. The van der Waals surface area contributed by atoms with Crippen LogP contribution in [0.4, 0.5) is 0 Å². The number of nitrogens with zero attached hydrogens (tertiary/aromatic N) is 1. The highest BCUT2D eigenvalue weighted by Gasteiger charge is 2.39. The van der Waals surface area contributed by atoms with Gasteiger partial charge in [0.2, 0.25) is 0 Å². The monoisotopic (exact) mass is 284 g/mol. The van der Waals surface area contributed by atoms with Crippen LogP contribution in [-0.4, -0.2) is 47.8 Å². The highest BCUT2D eigenvalue weighted by atomic mass is 16.3. The summed E-state index contributed by atoms with van der Waals surface area (Å²) in [5.41, 5.74) is -0.221. The zero-order chi connectivity index (χ0) is 15.4. The molecule has 0 aliphatic heterocycles. The highest BCUT2D eigenvalue weighted by molar-refractivity contribution is 4.94. The van der Waals surface area contributed by atoms with Crippen LogP contribution in [0.25, 0.3) is 0 Å². The van der Waals surface area contributed by atoms with Gasteiger partial charge < -0.3 is 15.3 Å². The predicted molar refractivity (Wildman–Crippen MR) is 87.0 cm³/mol. The standard InChI is InChI=1S/C17H36N2O/c1-7-18-15-14(10-9-11-16(15,3)4)12-19(8-2)13-17(5,6)20/h14-15,18,20H,7-13H2,1-6H3. The number of nitrogens with one attached hydrogen (secondary N) is 1. The predicted octanol–water partition coefficient (Wildman–Crippen LogP) is 2.88. The molecule has 2 atom stereocenters. The van der Waals surface area contributed by atoms with Gasteiger partial charge in [-0.25, -0.2) is 0 Å². The molecule has 0 bridgehead atoms. The number of likely N-dealkylation sites (N-methyl/N-ethyl adjacent to an activating group) is 1. The van der Waals surface area contributed by atoms with E-state index >= 15 is 0 Å². The van der Waals surface area contributed by atoms with Crippen molar-refractivity contribution < 1.29 is 5.11 Å². The second-order valence-electron chi connectivity index (χ2n) is 7.82. The van der Waals surface area contributed by atoms with Crippen molar-refractivity contribution in [2.45, 2.75) is 72.4 Å². The van der Waals surface area contributed by atoms with E-state index in [-0.39, 0.29) is 0 Å². The number of aliphatic hydroxyl groups is 1. The Labute approximate surface area is 126 Å². The molecule has 0 aromatic heterocycles. The maximum atomic E-state index is 10.1. The van der Waals surface area contributed by atoms with Crippen LogP contribution in [0.2, 0.25) is 0 Å². The number of hydrogen-bond donors (Lipinski definition) is 2. The van der Waals surface area contributed by atoms with E-state index in [1.165, 1.54) is 19.3 Å². The summed E-state index contributed by atoms with van der Waals surface area (Å²) in [7, 11) is 0. The summed E-state index contributed by atoms with van der Waals surface area (Å²) < 4.78 is 0. The van der Waals surface area contributed by atoms with Crippen molar-refractivity contribution in [1.29, 1.82) is 0 Å². The maximum Gasteiger partial charge on any atom is 0.0718 e. The molecule has 0 saturated heterocycles. The number of rotatable bonds is 7. The van der Waals surface area contributed by atoms with Gasteiger partial charge in [-0.15, -0.1) is 0 Å². The molecule has 2 N–H and O–H groups in total. The van der Waals surface area contributed by atoms with E-state index in [9.17, 15) is 5.11 Å². The molecule has 0 aromatic carbocycles. The summed E-state index contributed by atoms with van der Waals surface area (Å²) in [6.45, 7) is 16.9. The van der Waals surface area contributed by atoms with Crippen molar-refractivity contribution in [3.63, 3.8) is 0 Å². The Morgan fingerprint density at radius 3 is 2.45 bits per heavy atom. The van der Waals surface area contributed by atoms with Crippen LogP contribution >= 0.6 is 0 Å². The Balaban J connectivity index is 2.71. The third kappa shape index (κ3) is 5.34.